The second-order valence-corrected chi connectivity index (χ2v) is 0. The summed E-state index contributed by atoms with van der Waals surface area (Å²) in [5.41, 5.74) is 0. The molecule has 0 aliphatic heterocycles. The first-order valence-corrected chi connectivity index (χ1v) is 0. The minimum atomic E-state index is 0. The van der Waals surface area contributed by atoms with Crippen LogP contribution >= 0.6 is 0 Å². The van der Waals surface area contributed by atoms with Gasteiger partial charge in [-0.25, -0.2) is 0 Å². The first-order valence-electron chi connectivity index (χ1n) is 0. The molecule has 0 heterocycles. The average molecular weight is 604 g/mol. The molecule has 0 spiro atoms. The number of hydrogen-bond acceptors (Lipinski definition) is 0. The van der Waals surface area contributed by atoms with Gasteiger partial charge in [-0.05, 0) is 0 Å². The van der Waals surface area contributed by atoms with Crippen LogP contribution in [0.3, 0.4) is 0 Å². The Bertz CT molecular complexity index is 7.51. The third-order valence-electron chi connectivity index (χ3n) is 0. The zero-order chi connectivity index (χ0) is 0. The zero-order valence-corrected chi connectivity index (χ0v) is 17.9. The van der Waals surface area contributed by atoms with Crippen molar-refractivity contribution in [3.05, 3.63) is 0 Å². The second kappa shape index (κ2) is 31.2. The molecule has 36 valence electrons. The molecule has 0 N–H and O–H groups in total. The summed E-state index contributed by atoms with van der Waals surface area (Å²) >= 11 is 0. The molecule has 0 saturated carbocycles. The van der Waals surface area contributed by atoms with E-state index in [-0.39, 0.29) is 186 Å². The van der Waals surface area contributed by atoms with Gasteiger partial charge in [0.05, 0.1) is 0 Å². The van der Waals surface area contributed by atoms with Gasteiger partial charge >= 0.3 is 118 Å². The van der Waals surface area contributed by atoms with Crippen LogP contribution in [0.25, 0.3) is 0 Å². The van der Waals surface area contributed by atoms with Gasteiger partial charge < -0.3 is 67.9 Å². The number of halogens is 4. The van der Waals surface area contributed by atoms with Crippen LogP contribution in [-0.2, 0) is 0 Å². The molecule has 0 fully saturated rings. The van der Waals surface area contributed by atoms with Gasteiger partial charge in [-0.1, -0.05) is 0 Å². The molecule has 0 radical (unpaired) electrons. The summed E-state index contributed by atoms with van der Waals surface area (Å²) in [7, 11) is 0. The van der Waals surface area contributed by atoms with Crippen LogP contribution in [0.2, 0.25) is 0 Å². The van der Waals surface area contributed by atoms with Crippen molar-refractivity contribution in [1.82, 2.24) is 0 Å². The second-order valence-electron chi connectivity index (χ2n) is 0. The molecule has 0 aromatic rings. The predicted molar refractivity (Wildman–Crippen MR) is 0 cm³/mol. The first-order chi connectivity index (χ1) is 0. The molecule has 0 bridgehead atoms. The van der Waals surface area contributed by atoms with Crippen LogP contribution < -0.4 is 137 Å². The zero-order valence-electron chi connectivity index (χ0n) is 2.89. The molecule has 0 amide bonds. The van der Waals surface area contributed by atoms with Gasteiger partial charge in [0.25, 0.3) is 0 Å². The van der Waals surface area contributed by atoms with Crippen molar-refractivity contribution < 1.29 is 186 Å². The molecule has 0 atom stereocenters. The van der Waals surface area contributed by atoms with E-state index in [0.29, 0.717) is 0 Å². The normalized spacial score (nSPS) is 0. The van der Waals surface area contributed by atoms with E-state index in [2.05, 4.69) is 0 Å². The maximum atomic E-state index is 0. The fraction of sp³-hybridized carbons (Fsp3) is 0. The summed E-state index contributed by atoms with van der Waals surface area (Å²) in [4.78, 5) is 0. The molecular formula is Br4CsEu. The summed E-state index contributed by atoms with van der Waals surface area (Å²) in [6.45, 7) is 0. The van der Waals surface area contributed by atoms with Crippen molar-refractivity contribution in [2.75, 3.05) is 0 Å². The van der Waals surface area contributed by atoms with Gasteiger partial charge in [-0.3, -0.25) is 0 Å². The maximum absolute atomic E-state index is 0. The molecule has 0 aromatic heterocycles. The van der Waals surface area contributed by atoms with Crippen molar-refractivity contribution in [1.29, 1.82) is 0 Å². The Morgan fingerprint density at radius 3 is 0.500 bits per heavy atom. The monoisotopic (exact) mass is 602 g/mol. The molecule has 0 rings (SSSR count). The van der Waals surface area contributed by atoms with Crippen LogP contribution in [0.15, 0.2) is 0 Å². The molecule has 0 nitrogen and oxygen atoms in total. The van der Waals surface area contributed by atoms with E-state index in [4.69, 9.17) is 0 Å². The van der Waals surface area contributed by atoms with Crippen molar-refractivity contribution in [2.45, 2.75) is 0 Å². The molecule has 6 heavy (non-hydrogen) atoms. The Labute approximate surface area is 180 Å². The quantitative estimate of drug-likeness (QED) is 0.258. The Morgan fingerprint density at radius 2 is 0.500 bits per heavy atom. The summed E-state index contributed by atoms with van der Waals surface area (Å²) in [5.74, 6) is 0. The van der Waals surface area contributed by atoms with Crippen LogP contribution in [-0.4, -0.2) is 0 Å². The Hall–Kier alpha value is 5.56. The van der Waals surface area contributed by atoms with Gasteiger partial charge in [0.1, 0.15) is 0 Å². The van der Waals surface area contributed by atoms with Gasteiger partial charge in [0.15, 0.2) is 0 Å². The number of hydrogen-bond donors (Lipinski definition) is 0. The minimum absolute atomic E-state index is 0. The third kappa shape index (κ3) is 22.7. The van der Waals surface area contributed by atoms with Crippen LogP contribution in [0.5, 0.6) is 0 Å². The van der Waals surface area contributed by atoms with Crippen molar-refractivity contribution >= 4 is 0 Å². The molecule has 6 heteroatoms. The molecule has 0 saturated heterocycles. The third-order valence-corrected chi connectivity index (χ3v) is 0. The van der Waals surface area contributed by atoms with Crippen LogP contribution in [0, 0.1) is 49.4 Å². The SMILES string of the molecule is [Br-].[Br-].[Br-].[Br-].[Cs+].[Eu+3]. The Morgan fingerprint density at radius 1 is 0.500 bits per heavy atom. The largest absolute Gasteiger partial charge is 3.00 e. The summed E-state index contributed by atoms with van der Waals surface area (Å²) in [5, 5.41) is 0. The molecule has 0 aliphatic carbocycles. The number of rotatable bonds is 0. The van der Waals surface area contributed by atoms with E-state index in [1.807, 2.05) is 0 Å². The van der Waals surface area contributed by atoms with Gasteiger partial charge in [0, 0.05) is 0 Å². The van der Waals surface area contributed by atoms with E-state index in [1.54, 1.807) is 0 Å². The Kier molecular flexibility index (Phi) is 217. The van der Waals surface area contributed by atoms with E-state index < -0.39 is 0 Å². The van der Waals surface area contributed by atoms with Crippen molar-refractivity contribution in [3.8, 4) is 0 Å². The molecule has 0 aliphatic rings. The maximum Gasteiger partial charge on any atom is 3.00 e. The topological polar surface area (TPSA) is 0 Å². The fourth-order valence-corrected chi connectivity index (χ4v) is 0. The van der Waals surface area contributed by atoms with E-state index in [1.165, 1.54) is 0 Å². The van der Waals surface area contributed by atoms with Gasteiger partial charge in [0.2, 0.25) is 0 Å². The van der Waals surface area contributed by atoms with E-state index in [9.17, 15) is 0 Å². The summed E-state index contributed by atoms with van der Waals surface area (Å²) < 4.78 is 0. The average Bonchev–Trinajstić information content (AvgIpc) is 0. The summed E-state index contributed by atoms with van der Waals surface area (Å²) in [6.07, 6.45) is 0. The Balaban J connectivity index is 0. The van der Waals surface area contributed by atoms with E-state index in [0.717, 1.165) is 0 Å². The van der Waals surface area contributed by atoms with E-state index >= 15 is 0 Å². The summed E-state index contributed by atoms with van der Waals surface area (Å²) in [6, 6.07) is 0. The van der Waals surface area contributed by atoms with Gasteiger partial charge in [-0.15, -0.1) is 0 Å². The molecule has 0 unspecified atom stereocenters. The van der Waals surface area contributed by atoms with Crippen molar-refractivity contribution in [3.63, 3.8) is 0 Å². The minimum Gasteiger partial charge on any atom is -1.00 e. The first kappa shape index (κ1) is 41.7. The predicted octanol–water partition coefficient (Wildman–Crippen LogP) is -15.0. The van der Waals surface area contributed by atoms with Crippen LogP contribution in [0.4, 0.5) is 0 Å². The smallest absolute Gasteiger partial charge is 1.00 e. The standard InChI is InChI=1S/4BrH.Cs.Eu/h4*1H;;/q;;;;+1;+3/p-4. The molecular weight excluding hydrogens is 604 g/mol. The fourth-order valence-electron chi connectivity index (χ4n) is 0. The molecule has 0 aromatic carbocycles. The van der Waals surface area contributed by atoms with Crippen molar-refractivity contribution in [2.24, 2.45) is 0 Å². The van der Waals surface area contributed by atoms with Gasteiger partial charge in [-0.2, -0.15) is 0 Å². The van der Waals surface area contributed by atoms with Crippen LogP contribution in [0.1, 0.15) is 0 Å².